The van der Waals surface area contributed by atoms with Crippen molar-refractivity contribution in [3.63, 3.8) is 0 Å². The Balaban J connectivity index is 2.29. The number of aliphatic carboxylic acids is 1. The van der Waals surface area contributed by atoms with Gasteiger partial charge in [0.1, 0.15) is 5.92 Å². The second kappa shape index (κ2) is 6.14. The highest BCUT2D eigenvalue weighted by Gasteiger charge is 2.22. The first kappa shape index (κ1) is 14.0. The highest BCUT2D eigenvalue weighted by molar-refractivity contribution is 5.76. The molecule has 1 atom stereocenters. The average molecular weight is 271 g/mol. The topological polar surface area (TPSA) is 66.3 Å². The summed E-state index contributed by atoms with van der Waals surface area (Å²) in [5.74, 6) is -1.03. The van der Waals surface area contributed by atoms with Gasteiger partial charge < -0.3 is 10.0 Å². The van der Waals surface area contributed by atoms with Crippen LogP contribution in [0.25, 0.3) is 0 Å². The Kier molecular flexibility index (Phi) is 4.30. The van der Waals surface area contributed by atoms with E-state index in [2.05, 4.69) is 9.97 Å². The molecule has 0 fully saturated rings. The van der Waals surface area contributed by atoms with Crippen LogP contribution in [0.4, 0.5) is 5.95 Å². The fraction of sp³-hybridized carbons (Fsp3) is 0.267. The number of nitrogens with zero attached hydrogens (tertiary/aromatic N) is 3. The molecule has 0 radical (unpaired) electrons. The van der Waals surface area contributed by atoms with Crippen molar-refractivity contribution < 1.29 is 9.90 Å². The molecule has 5 heteroatoms. The van der Waals surface area contributed by atoms with Gasteiger partial charge in [0.15, 0.2) is 0 Å². The van der Waals surface area contributed by atoms with Crippen molar-refractivity contribution in [2.75, 3.05) is 19.0 Å². The second-order valence-corrected chi connectivity index (χ2v) is 4.76. The van der Waals surface area contributed by atoms with E-state index < -0.39 is 11.9 Å². The van der Waals surface area contributed by atoms with E-state index in [0.717, 1.165) is 5.56 Å². The number of hydrogen-bond donors (Lipinski definition) is 1. The van der Waals surface area contributed by atoms with Gasteiger partial charge in [-0.25, -0.2) is 9.97 Å². The minimum Gasteiger partial charge on any atom is -0.481 e. The zero-order valence-electron chi connectivity index (χ0n) is 11.5. The predicted octanol–water partition coefficient (Wildman–Crippen LogP) is 1.95. The lowest BCUT2D eigenvalue weighted by Crippen LogP contribution is -2.19. The van der Waals surface area contributed by atoms with Crippen molar-refractivity contribution in [3.05, 3.63) is 53.9 Å². The Hall–Kier alpha value is -2.43. The number of carboxylic acid groups (broad SMARTS) is 1. The summed E-state index contributed by atoms with van der Waals surface area (Å²) in [7, 11) is 3.65. The van der Waals surface area contributed by atoms with Gasteiger partial charge in [-0.3, -0.25) is 4.79 Å². The summed E-state index contributed by atoms with van der Waals surface area (Å²) < 4.78 is 0. The number of aromatic nitrogens is 2. The summed E-state index contributed by atoms with van der Waals surface area (Å²) in [6, 6.07) is 11.2. The molecule has 1 aromatic carbocycles. The van der Waals surface area contributed by atoms with E-state index in [0.29, 0.717) is 18.1 Å². The number of hydrogen-bond acceptors (Lipinski definition) is 4. The smallest absolute Gasteiger partial charge is 0.312 e. The summed E-state index contributed by atoms with van der Waals surface area (Å²) in [4.78, 5) is 21.7. The minimum absolute atomic E-state index is 0.417. The predicted molar refractivity (Wildman–Crippen MR) is 76.9 cm³/mol. The molecule has 0 amide bonds. The zero-order valence-corrected chi connectivity index (χ0v) is 11.5. The third kappa shape index (κ3) is 3.32. The largest absolute Gasteiger partial charge is 0.481 e. The highest BCUT2D eigenvalue weighted by atomic mass is 16.4. The molecule has 0 spiro atoms. The SMILES string of the molecule is CN(C)c1nccc(C(Cc2ccccc2)C(=O)O)n1. The normalized spacial score (nSPS) is 11.9. The van der Waals surface area contributed by atoms with E-state index >= 15 is 0 Å². The van der Waals surface area contributed by atoms with Crippen LogP contribution in [0.2, 0.25) is 0 Å². The molecule has 1 unspecified atom stereocenters. The zero-order chi connectivity index (χ0) is 14.5. The van der Waals surface area contributed by atoms with Crippen LogP contribution in [0.1, 0.15) is 17.2 Å². The van der Waals surface area contributed by atoms with Gasteiger partial charge >= 0.3 is 5.97 Å². The molecule has 20 heavy (non-hydrogen) atoms. The lowest BCUT2D eigenvalue weighted by molar-refractivity contribution is -0.138. The van der Waals surface area contributed by atoms with Crippen molar-refractivity contribution in [2.45, 2.75) is 12.3 Å². The van der Waals surface area contributed by atoms with E-state index in [1.165, 1.54) is 0 Å². The van der Waals surface area contributed by atoms with Gasteiger partial charge in [-0.15, -0.1) is 0 Å². The molecule has 1 heterocycles. The summed E-state index contributed by atoms with van der Waals surface area (Å²) in [6.45, 7) is 0. The quantitative estimate of drug-likeness (QED) is 0.900. The van der Waals surface area contributed by atoms with Gasteiger partial charge in [-0.1, -0.05) is 30.3 Å². The molecule has 0 bridgehead atoms. The summed E-state index contributed by atoms with van der Waals surface area (Å²) in [6.07, 6.45) is 2.01. The molecule has 2 rings (SSSR count). The van der Waals surface area contributed by atoms with Gasteiger partial charge in [0.05, 0.1) is 5.69 Å². The van der Waals surface area contributed by atoms with Crippen LogP contribution in [0.3, 0.4) is 0 Å². The number of rotatable bonds is 5. The average Bonchev–Trinajstić information content (AvgIpc) is 2.45. The Morgan fingerprint density at radius 3 is 2.55 bits per heavy atom. The third-order valence-corrected chi connectivity index (χ3v) is 3.00. The van der Waals surface area contributed by atoms with Crippen molar-refractivity contribution in [3.8, 4) is 0 Å². The van der Waals surface area contributed by atoms with E-state index in [-0.39, 0.29) is 0 Å². The minimum atomic E-state index is -0.878. The van der Waals surface area contributed by atoms with E-state index in [9.17, 15) is 9.90 Å². The first-order valence-electron chi connectivity index (χ1n) is 6.35. The molecular formula is C15H17N3O2. The van der Waals surface area contributed by atoms with Gasteiger partial charge in [-0.05, 0) is 18.1 Å². The van der Waals surface area contributed by atoms with Gasteiger partial charge in [-0.2, -0.15) is 0 Å². The molecule has 0 aliphatic heterocycles. The molecule has 0 aliphatic rings. The Morgan fingerprint density at radius 2 is 1.95 bits per heavy atom. The summed E-state index contributed by atoms with van der Waals surface area (Å²) >= 11 is 0. The highest BCUT2D eigenvalue weighted by Crippen LogP contribution is 2.20. The monoisotopic (exact) mass is 271 g/mol. The van der Waals surface area contributed by atoms with Crippen LogP contribution in [0, 0.1) is 0 Å². The standard InChI is InChI=1S/C15H17N3O2/c1-18(2)15-16-9-8-13(17-15)12(14(19)20)10-11-6-4-3-5-7-11/h3-9,12H,10H2,1-2H3,(H,19,20). The molecule has 5 nitrogen and oxygen atoms in total. The fourth-order valence-corrected chi connectivity index (χ4v) is 1.94. The molecule has 0 saturated heterocycles. The Morgan fingerprint density at radius 1 is 1.25 bits per heavy atom. The third-order valence-electron chi connectivity index (χ3n) is 3.00. The van der Waals surface area contributed by atoms with Crippen molar-refractivity contribution in [1.82, 2.24) is 9.97 Å². The van der Waals surface area contributed by atoms with Crippen LogP contribution in [-0.4, -0.2) is 35.1 Å². The lowest BCUT2D eigenvalue weighted by Gasteiger charge is -2.15. The molecular weight excluding hydrogens is 254 g/mol. The molecule has 0 saturated carbocycles. The van der Waals surface area contributed by atoms with Crippen LogP contribution >= 0.6 is 0 Å². The van der Waals surface area contributed by atoms with Crippen LogP contribution in [-0.2, 0) is 11.2 Å². The maximum atomic E-state index is 11.5. The van der Waals surface area contributed by atoms with Crippen molar-refractivity contribution >= 4 is 11.9 Å². The number of anilines is 1. The van der Waals surface area contributed by atoms with Gasteiger partial charge in [0, 0.05) is 20.3 Å². The van der Waals surface area contributed by atoms with Crippen LogP contribution in [0.5, 0.6) is 0 Å². The first-order valence-corrected chi connectivity index (χ1v) is 6.35. The summed E-state index contributed by atoms with van der Waals surface area (Å²) in [5, 5.41) is 9.44. The number of carbonyl (C=O) groups is 1. The maximum Gasteiger partial charge on any atom is 0.312 e. The van der Waals surface area contributed by atoms with Crippen LogP contribution < -0.4 is 4.90 Å². The van der Waals surface area contributed by atoms with Gasteiger partial charge in [0.25, 0.3) is 0 Å². The second-order valence-electron chi connectivity index (χ2n) is 4.76. The molecule has 0 aliphatic carbocycles. The fourth-order valence-electron chi connectivity index (χ4n) is 1.94. The molecule has 1 N–H and O–H groups in total. The molecule has 1 aromatic heterocycles. The van der Waals surface area contributed by atoms with Crippen molar-refractivity contribution in [2.24, 2.45) is 0 Å². The van der Waals surface area contributed by atoms with Crippen molar-refractivity contribution in [1.29, 1.82) is 0 Å². The van der Waals surface area contributed by atoms with E-state index in [1.807, 2.05) is 44.4 Å². The van der Waals surface area contributed by atoms with E-state index in [1.54, 1.807) is 17.2 Å². The molecule has 104 valence electrons. The Labute approximate surface area is 117 Å². The Bertz CT molecular complexity index is 585. The summed E-state index contributed by atoms with van der Waals surface area (Å²) in [5.41, 5.74) is 1.50. The van der Waals surface area contributed by atoms with Gasteiger partial charge in [0.2, 0.25) is 5.95 Å². The number of carboxylic acids is 1. The van der Waals surface area contributed by atoms with Crippen LogP contribution in [0.15, 0.2) is 42.6 Å². The lowest BCUT2D eigenvalue weighted by atomic mass is 9.96. The molecule has 2 aromatic rings. The maximum absolute atomic E-state index is 11.5. The first-order chi connectivity index (χ1) is 9.58. The van der Waals surface area contributed by atoms with E-state index in [4.69, 9.17) is 0 Å². The number of benzene rings is 1.